The molecular weight excluding hydrogens is 322 g/mol. The number of ether oxygens (including phenoxy) is 1. The fourth-order valence-corrected chi connectivity index (χ4v) is 3.05. The maximum Gasteiger partial charge on any atom is 0.320 e. The molecular formula is C14H22BrN3O2. The largest absolute Gasteiger partial charge is 0.465 e. The van der Waals surface area contributed by atoms with Crippen LogP contribution in [0.4, 0.5) is 0 Å². The Bertz CT molecular complexity index is 483. The van der Waals surface area contributed by atoms with E-state index < -0.39 is 0 Å². The molecule has 0 radical (unpaired) electrons. The third-order valence-corrected chi connectivity index (χ3v) is 4.47. The van der Waals surface area contributed by atoms with Gasteiger partial charge in [0, 0.05) is 19.6 Å². The molecule has 6 heteroatoms. The lowest BCUT2D eigenvalue weighted by Gasteiger charge is -2.21. The average Bonchev–Trinajstić information content (AvgIpc) is 3.20. The van der Waals surface area contributed by atoms with Crippen molar-refractivity contribution in [2.75, 3.05) is 13.2 Å². The van der Waals surface area contributed by atoms with Gasteiger partial charge in [0.25, 0.3) is 0 Å². The second-order valence-corrected chi connectivity index (χ2v) is 5.92. The molecule has 20 heavy (non-hydrogen) atoms. The Morgan fingerprint density at radius 2 is 2.20 bits per heavy atom. The van der Waals surface area contributed by atoms with Gasteiger partial charge in [-0.05, 0) is 42.1 Å². The summed E-state index contributed by atoms with van der Waals surface area (Å²) in [4.78, 5) is 13.9. The van der Waals surface area contributed by atoms with Crippen molar-refractivity contribution in [3.05, 3.63) is 15.9 Å². The normalized spacial score (nSPS) is 14.8. The molecule has 1 aromatic heterocycles. The summed E-state index contributed by atoms with van der Waals surface area (Å²) in [7, 11) is 1.95. The van der Waals surface area contributed by atoms with Gasteiger partial charge in [-0.3, -0.25) is 14.4 Å². The number of hydrogen-bond donors (Lipinski definition) is 0. The Labute approximate surface area is 128 Å². The lowest BCUT2D eigenvalue weighted by molar-refractivity contribution is -0.144. The maximum atomic E-state index is 11.7. The van der Waals surface area contributed by atoms with Crippen molar-refractivity contribution < 1.29 is 9.53 Å². The molecule has 0 amide bonds. The first kappa shape index (κ1) is 15.5. The van der Waals surface area contributed by atoms with Crippen LogP contribution in [0, 0.1) is 0 Å². The van der Waals surface area contributed by atoms with Gasteiger partial charge in [-0.25, -0.2) is 0 Å². The van der Waals surface area contributed by atoms with Crippen molar-refractivity contribution in [3.8, 4) is 0 Å². The highest BCUT2D eigenvalue weighted by Gasteiger charge is 2.32. The van der Waals surface area contributed by atoms with Gasteiger partial charge >= 0.3 is 5.97 Å². The van der Waals surface area contributed by atoms with Crippen molar-refractivity contribution in [2.24, 2.45) is 7.05 Å². The van der Waals surface area contributed by atoms with Crippen LogP contribution >= 0.6 is 15.9 Å². The molecule has 0 aromatic carbocycles. The Balaban J connectivity index is 2.08. The zero-order chi connectivity index (χ0) is 14.7. The third-order valence-electron chi connectivity index (χ3n) is 3.56. The second kappa shape index (κ2) is 6.72. The van der Waals surface area contributed by atoms with Gasteiger partial charge in [0.2, 0.25) is 0 Å². The zero-order valence-electron chi connectivity index (χ0n) is 12.4. The van der Waals surface area contributed by atoms with Gasteiger partial charge in [-0.1, -0.05) is 6.92 Å². The van der Waals surface area contributed by atoms with Gasteiger partial charge < -0.3 is 4.74 Å². The first-order valence-corrected chi connectivity index (χ1v) is 7.96. The van der Waals surface area contributed by atoms with Gasteiger partial charge in [-0.2, -0.15) is 5.10 Å². The van der Waals surface area contributed by atoms with E-state index in [1.54, 1.807) is 0 Å². The Kier molecular flexibility index (Phi) is 5.21. The minimum atomic E-state index is -0.145. The average molecular weight is 344 g/mol. The van der Waals surface area contributed by atoms with Gasteiger partial charge in [0.1, 0.15) is 0 Å². The molecule has 1 fully saturated rings. The highest BCUT2D eigenvalue weighted by molar-refractivity contribution is 9.10. The van der Waals surface area contributed by atoms with Crippen LogP contribution in [0.15, 0.2) is 4.47 Å². The van der Waals surface area contributed by atoms with E-state index in [9.17, 15) is 4.79 Å². The zero-order valence-corrected chi connectivity index (χ0v) is 13.9. The summed E-state index contributed by atoms with van der Waals surface area (Å²) in [5.41, 5.74) is 2.19. The number of nitrogens with zero attached hydrogens (tertiary/aromatic N) is 3. The molecule has 0 unspecified atom stereocenters. The fourth-order valence-electron chi connectivity index (χ4n) is 2.31. The van der Waals surface area contributed by atoms with Crippen molar-refractivity contribution in [1.29, 1.82) is 0 Å². The van der Waals surface area contributed by atoms with Crippen molar-refractivity contribution in [3.63, 3.8) is 0 Å². The molecule has 0 aliphatic heterocycles. The van der Waals surface area contributed by atoms with Gasteiger partial charge in [0.05, 0.1) is 29.0 Å². The van der Waals surface area contributed by atoms with Crippen LogP contribution in [-0.2, 0) is 29.5 Å². The van der Waals surface area contributed by atoms with E-state index in [2.05, 4.69) is 32.9 Å². The van der Waals surface area contributed by atoms with E-state index in [4.69, 9.17) is 4.74 Å². The van der Waals surface area contributed by atoms with Crippen molar-refractivity contribution >= 4 is 21.9 Å². The van der Waals surface area contributed by atoms with Crippen LogP contribution in [0.3, 0.4) is 0 Å². The summed E-state index contributed by atoms with van der Waals surface area (Å²) in [5, 5.41) is 4.50. The van der Waals surface area contributed by atoms with E-state index in [1.165, 1.54) is 0 Å². The quantitative estimate of drug-likeness (QED) is 0.712. The smallest absolute Gasteiger partial charge is 0.320 e. The van der Waals surface area contributed by atoms with E-state index in [1.807, 2.05) is 18.7 Å². The summed E-state index contributed by atoms with van der Waals surface area (Å²) < 4.78 is 8.03. The number of aryl methyl sites for hydroxylation is 2. The van der Waals surface area contributed by atoms with E-state index >= 15 is 0 Å². The monoisotopic (exact) mass is 343 g/mol. The highest BCUT2D eigenvalue weighted by atomic mass is 79.9. The molecule has 0 N–H and O–H groups in total. The summed E-state index contributed by atoms with van der Waals surface area (Å²) in [6.07, 6.45) is 3.22. The van der Waals surface area contributed by atoms with E-state index in [-0.39, 0.29) is 5.97 Å². The lowest BCUT2D eigenvalue weighted by atomic mass is 10.3. The molecule has 112 valence electrons. The Hall–Kier alpha value is -0.880. The SMILES string of the molecule is CCOC(=O)CN(Cc1c(Br)c(CC)nn1C)C1CC1. The van der Waals surface area contributed by atoms with Crippen molar-refractivity contribution in [2.45, 2.75) is 45.7 Å². The van der Waals surface area contributed by atoms with E-state index in [0.717, 1.165) is 41.7 Å². The Morgan fingerprint density at radius 1 is 1.50 bits per heavy atom. The number of carbonyl (C=O) groups is 1. The van der Waals surface area contributed by atoms with Gasteiger partial charge in [0.15, 0.2) is 0 Å². The predicted molar refractivity (Wildman–Crippen MR) is 80.4 cm³/mol. The minimum Gasteiger partial charge on any atom is -0.465 e. The summed E-state index contributed by atoms with van der Waals surface area (Å²) >= 11 is 3.63. The lowest BCUT2D eigenvalue weighted by Crippen LogP contribution is -2.33. The Morgan fingerprint density at radius 3 is 2.70 bits per heavy atom. The highest BCUT2D eigenvalue weighted by Crippen LogP contribution is 2.30. The molecule has 2 rings (SSSR count). The second-order valence-electron chi connectivity index (χ2n) is 5.13. The van der Waals surface area contributed by atoms with Crippen LogP contribution in [0.5, 0.6) is 0 Å². The number of carbonyl (C=O) groups excluding carboxylic acids is 1. The molecule has 1 aliphatic rings. The van der Waals surface area contributed by atoms with Crippen molar-refractivity contribution in [1.82, 2.24) is 14.7 Å². The minimum absolute atomic E-state index is 0.145. The topological polar surface area (TPSA) is 47.4 Å². The molecule has 1 saturated carbocycles. The molecule has 1 heterocycles. The standard InChI is InChI=1S/C14H22BrN3O2/c1-4-11-14(15)12(17(3)16-11)8-18(10-6-7-10)9-13(19)20-5-2/h10H,4-9H2,1-3H3. The molecule has 1 aliphatic carbocycles. The molecule has 0 atom stereocenters. The van der Waals surface area contributed by atoms with Crippen LogP contribution < -0.4 is 0 Å². The molecule has 0 saturated heterocycles. The van der Waals surface area contributed by atoms with Crippen LogP contribution in [0.2, 0.25) is 0 Å². The molecule has 5 nitrogen and oxygen atoms in total. The third kappa shape index (κ3) is 3.61. The number of rotatable bonds is 7. The fraction of sp³-hybridized carbons (Fsp3) is 0.714. The summed E-state index contributed by atoms with van der Waals surface area (Å²) in [6, 6.07) is 0.506. The van der Waals surface area contributed by atoms with E-state index in [0.29, 0.717) is 19.2 Å². The van der Waals surface area contributed by atoms with Crippen LogP contribution in [0.1, 0.15) is 38.1 Å². The maximum absolute atomic E-state index is 11.7. The molecule has 0 spiro atoms. The number of hydrogen-bond acceptors (Lipinski definition) is 4. The predicted octanol–water partition coefficient (Wildman–Crippen LogP) is 2.27. The number of esters is 1. The molecule has 0 bridgehead atoms. The number of aromatic nitrogens is 2. The van der Waals surface area contributed by atoms with Crippen LogP contribution in [0.25, 0.3) is 0 Å². The summed E-state index contributed by atoms with van der Waals surface area (Å²) in [6.45, 7) is 5.45. The first-order valence-electron chi connectivity index (χ1n) is 7.16. The number of halogens is 1. The summed E-state index contributed by atoms with van der Waals surface area (Å²) in [5.74, 6) is -0.145. The van der Waals surface area contributed by atoms with Crippen LogP contribution in [-0.4, -0.2) is 39.8 Å². The molecule has 1 aromatic rings. The van der Waals surface area contributed by atoms with Gasteiger partial charge in [-0.15, -0.1) is 0 Å². The first-order chi connectivity index (χ1) is 9.56.